The van der Waals surface area contributed by atoms with Gasteiger partial charge in [-0.3, -0.25) is 4.79 Å². The molecule has 17 heavy (non-hydrogen) atoms. The number of H-pyrrole nitrogens is 1. The first-order valence-corrected chi connectivity index (χ1v) is 6.14. The van der Waals surface area contributed by atoms with E-state index in [0.29, 0.717) is 6.54 Å². The molecule has 0 spiro atoms. The molecule has 5 heteroatoms. The number of rotatable bonds is 4. The van der Waals surface area contributed by atoms with Crippen molar-refractivity contribution in [1.82, 2.24) is 15.3 Å². The van der Waals surface area contributed by atoms with E-state index >= 15 is 0 Å². The van der Waals surface area contributed by atoms with Crippen molar-refractivity contribution in [3.05, 3.63) is 18.2 Å². The summed E-state index contributed by atoms with van der Waals surface area (Å²) in [4.78, 5) is 19.0. The first-order valence-electron chi connectivity index (χ1n) is 6.14. The number of carbonyl (C=O) groups excluding carboxylic acids is 1. The van der Waals surface area contributed by atoms with Crippen LogP contribution in [0.1, 0.15) is 31.9 Å². The number of aromatic nitrogens is 2. The summed E-state index contributed by atoms with van der Waals surface area (Å²) in [5.41, 5.74) is 6.66. The normalized spacial score (nSPS) is 28.2. The quantitative estimate of drug-likeness (QED) is 0.715. The van der Waals surface area contributed by atoms with Crippen LogP contribution in [-0.2, 0) is 11.2 Å². The first-order chi connectivity index (χ1) is 8.13. The van der Waals surface area contributed by atoms with E-state index in [4.69, 9.17) is 5.73 Å². The molecule has 0 aliphatic heterocycles. The van der Waals surface area contributed by atoms with Crippen molar-refractivity contribution in [1.29, 1.82) is 0 Å². The molecule has 2 unspecified atom stereocenters. The summed E-state index contributed by atoms with van der Waals surface area (Å²) in [6.45, 7) is 2.60. The maximum absolute atomic E-state index is 12.1. The molecule has 0 aromatic carbocycles. The minimum Gasteiger partial charge on any atom is -0.355 e. The van der Waals surface area contributed by atoms with E-state index in [1.54, 1.807) is 12.5 Å². The average Bonchev–Trinajstić information content (AvgIpc) is 2.91. The van der Waals surface area contributed by atoms with Gasteiger partial charge in [0.15, 0.2) is 0 Å². The van der Waals surface area contributed by atoms with Crippen LogP contribution in [0.15, 0.2) is 12.5 Å². The molecule has 1 amide bonds. The standard InChI is InChI=1S/C12H20N4O/c1-12(5-2-3-10(12)13)11(17)15-6-4-9-7-14-8-16-9/h7-8,10H,2-6,13H2,1H3,(H,14,16)(H,15,17). The Bertz CT molecular complexity index is 376. The summed E-state index contributed by atoms with van der Waals surface area (Å²) in [6, 6.07) is -0.00495. The van der Waals surface area contributed by atoms with Gasteiger partial charge in [-0.15, -0.1) is 0 Å². The number of carbonyl (C=O) groups is 1. The second-order valence-corrected chi connectivity index (χ2v) is 5.00. The third-order valence-electron chi connectivity index (χ3n) is 3.78. The van der Waals surface area contributed by atoms with Gasteiger partial charge in [0.1, 0.15) is 0 Å². The van der Waals surface area contributed by atoms with Crippen molar-refractivity contribution in [3.63, 3.8) is 0 Å². The van der Waals surface area contributed by atoms with Gasteiger partial charge in [0.05, 0.1) is 11.7 Å². The van der Waals surface area contributed by atoms with E-state index in [1.807, 2.05) is 6.92 Å². The Kier molecular flexibility index (Phi) is 3.47. The molecule has 0 saturated heterocycles. The largest absolute Gasteiger partial charge is 0.355 e. The van der Waals surface area contributed by atoms with Crippen molar-refractivity contribution in [2.75, 3.05) is 6.54 Å². The molecule has 2 rings (SSSR count). The zero-order valence-electron chi connectivity index (χ0n) is 10.2. The number of amides is 1. The number of aromatic amines is 1. The van der Waals surface area contributed by atoms with Crippen LogP contribution >= 0.6 is 0 Å². The third-order valence-corrected chi connectivity index (χ3v) is 3.78. The topological polar surface area (TPSA) is 83.8 Å². The fourth-order valence-electron chi connectivity index (χ4n) is 2.41. The van der Waals surface area contributed by atoms with Gasteiger partial charge in [0, 0.05) is 30.9 Å². The van der Waals surface area contributed by atoms with Crippen LogP contribution in [0.5, 0.6) is 0 Å². The lowest BCUT2D eigenvalue weighted by Gasteiger charge is -2.27. The van der Waals surface area contributed by atoms with E-state index in [9.17, 15) is 4.79 Å². The van der Waals surface area contributed by atoms with Crippen molar-refractivity contribution >= 4 is 5.91 Å². The summed E-state index contributed by atoms with van der Waals surface area (Å²) >= 11 is 0. The van der Waals surface area contributed by atoms with Gasteiger partial charge in [0.25, 0.3) is 0 Å². The van der Waals surface area contributed by atoms with E-state index in [-0.39, 0.29) is 17.4 Å². The summed E-state index contributed by atoms with van der Waals surface area (Å²) in [5.74, 6) is 0.0852. The number of nitrogens with zero attached hydrogens (tertiary/aromatic N) is 1. The Hall–Kier alpha value is -1.36. The molecule has 5 nitrogen and oxygen atoms in total. The van der Waals surface area contributed by atoms with Crippen LogP contribution in [0, 0.1) is 5.41 Å². The Morgan fingerprint density at radius 3 is 3.18 bits per heavy atom. The van der Waals surface area contributed by atoms with E-state index < -0.39 is 0 Å². The van der Waals surface area contributed by atoms with Crippen molar-refractivity contribution in [2.45, 2.75) is 38.6 Å². The molecule has 0 radical (unpaired) electrons. The van der Waals surface area contributed by atoms with Gasteiger partial charge in [-0.2, -0.15) is 0 Å². The fourth-order valence-corrected chi connectivity index (χ4v) is 2.41. The molecule has 94 valence electrons. The van der Waals surface area contributed by atoms with Crippen molar-refractivity contribution < 1.29 is 4.79 Å². The maximum atomic E-state index is 12.1. The van der Waals surface area contributed by atoms with Crippen LogP contribution < -0.4 is 11.1 Å². The van der Waals surface area contributed by atoms with E-state index in [1.165, 1.54) is 0 Å². The lowest BCUT2D eigenvalue weighted by atomic mass is 9.84. The predicted molar refractivity (Wildman–Crippen MR) is 65.2 cm³/mol. The number of imidazole rings is 1. The first kappa shape index (κ1) is 12.1. The number of nitrogens with one attached hydrogen (secondary N) is 2. The molecule has 1 saturated carbocycles. The summed E-state index contributed by atoms with van der Waals surface area (Å²) in [5, 5.41) is 2.97. The fraction of sp³-hybridized carbons (Fsp3) is 0.667. The molecule has 1 aromatic heterocycles. The Morgan fingerprint density at radius 2 is 2.59 bits per heavy atom. The lowest BCUT2D eigenvalue weighted by Crippen LogP contribution is -2.47. The van der Waals surface area contributed by atoms with Crippen LogP contribution in [0.2, 0.25) is 0 Å². The minimum absolute atomic E-state index is 0.00495. The van der Waals surface area contributed by atoms with E-state index in [2.05, 4.69) is 15.3 Å². The summed E-state index contributed by atoms with van der Waals surface area (Å²) in [6.07, 6.45) is 7.08. The molecule has 1 aliphatic rings. The second kappa shape index (κ2) is 4.87. The molecule has 1 aromatic rings. The smallest absolute Gasteiger partial charge is 0.227 e. The molecule has 2 atom stereocenters. The Balaban J connectivity index is 1.81. The summed E-state index contributed by atoms with van der Waals surface area (Å²) < 4.78 is 0. The minimum atomic E-state index is -0.381. The average molecular weight is 236 g/mol. The monoisotopic (exact) mass is 236 g/mol. The van der Waals surface area contributed by atoms with Crippen LogP contribution in [-0.4, -0.2) is 28.5 Å². The maximum Gasteiger partial charge on any atom is 0.227 e. The van der Waals surface area contributed by atoms with Gasteiger partial charge in [-0.25, -0.2) is 4.98 Å². The van der Waals surface area contributed by atoms with Crippen molar-refractivity contribution in [3.8, 4) is 0 Å². The SMILES string of the molecule is CC1(C(=O)NCCc2cnc[nH]2)CCCC1N. The van der Waals surface area contributed by atoms with Gasteiger partial charge in [0.2, 0.25) is 5.91 Å². The van der Waals surface area contributed by atoms with Gasteiger partial charge in [-0.05, 0) is 19.8 Å². The third kappa shape index (κ3) is 2.49. The van der Waals surface area contributed by atoms with Crippen LogP contribution in [0.25, 0.3) is 0 Å². The zero-order valence-corrected chi connectivity index (χ0v) is 10.2. The van der Waals surface area contributed by atoms with Crippen LogP contribution in [0.4, 0.5) is 0 Å². The number of hydrogen-bond donors (Lipinski definition) is 3. The molecule has 1 aliphatic carbocycles. The predicted octanol–water partition coefficient (Wildman–Crippen LogP) is 0.586. The number of hydrogen-bond acceptors (Lipinski definition) is 3. The van der Waals surface area contributed by atoms with Gasteiger partial charge >= 0.3 is 0 Å². The second-order valence-electron chi connectivity index (χ2n) is 5.00. The highest BCUT2D eigenvalue weighted by molar-refractivity contribution is 5.83. The highest BCUT2D eigenvalue weighted by Gasteiger charge is 2.42. The lowest BCUT2D eigenvalue weighted by molar-refractivity contribution is -0.130. The Morgan fingerprint density at radius 1 is 1.76 bits per heavy atom. The molecule has 4 N–H and O–H groups in total. The Labute approximate surface area is 101 Å². The van der Waals surface area contributed by atoms with Crippen molar-refractivity contribution in [2.24, 2.45) is 11.1 Å². The molecule has 1 heterocycles. The molecular formula is C12H20N4O. The highest BCUT2D eigenvalue weighted by Crippen LogP contribution is 2.36. The molecular weight excluding hydrogens is 216 g/mol. The molecule has 0 bridgehead atoms. The zero-order chi connectivity index (χ0) is 12.3. The number of nitrogens with two attached hydrogens (primary N) is 1. The van der Waals surface area contributed by atoms with E-state index in [0.717, 1.165) is 31.4 Å². The highest BCUT2D eigenvalue weighted by atomic mass is 16.2. The summed E-state index contributed by atoms with van der Waals surface area (Å²) in [7, 11) is 0. The van der Waals surface area contributed by atoms with Gasteiger partial charge in [-0.1, -0.05) is 6.42 Å². The molecule has 1 fully saturated rings. The van der Waals surface area contributed by atoms with Crippen LogP contribution in [0.3, 0.4) is 0 Å². The van der Waals surface area contributed by atoms with Gasteiger partial charge < -0.3 is 16.0 Å².